The molecule has 1 N–H and O–H groups in total. The van der Waals surface area contributed by atoms with Gasteiger partial charge in [0.25, 0.3) is 0 Å². The number of hydrogen-bond donors (Lipinski definition) is 1. The molecule has 1 rings (SSSR count). The van der Waals surface area contributed by atoms with Gasteiger partial charge in [0.15, 0.2) is 0 Å². The van der Waals surface area contributed by atoms with Crippen molar-refractivity contribution in [3.63, 3.8) is 0 Å². The van der Waals surface area contributed by atoms with Gasteiger partial charge in [-0.25, -0.2) is 0 Å². The summed E-state index contributed by atoms with van der Waals surface area (Å²) in [6, 6.07) is 0.186. The Morgan fingerprint density at radius 2 is 1.65 bits per heavy atom. The van der Waals surface area contributed by atoms with Crippen LogP contribution in [0.4, 0.5) is 0 Å². The van der Waals surface area contributed by atoms with Gasteiger partial charge in [0, 0.05) is 24.4 Å². The lowest BCUT2D eigenvalue weighted by molar-refractivity contribution is -0.140. The van der Waals surface area contributed by atoms with Gasteiger partial charge >= 0.3 is 0 Å². The lowest BCUT2D eigenvalue weighted by atomic mass is 10.00. The third-order valence-electron chi connectivity index (χ3n) is 3.71. The molecule has 0 aliphatic carbocycles. The summed E-state index contributed by atoms with van der Waals surface area (Å²) in [6.07, 6.45) is 0. The zero-order valence-electron chi connectivity index (χ0n) is 11.5. The van der Waals surface area contributed by atoms with Crippen LogP contribution in [0.25, 0.3) is 0 Å². The van der Waals surface area contributed by atoms with Crippen LogP contribution in [-0.4, -0.2) is 35.8 Å². The van der Waals surface area contributed by atoms with E-state index in [2.05, 4.69) is 19.2 Å². The van der Waals surface area contributed by atoms with Crippen molar-refractivity contribution in [2.24, 2.45) is 17.8 Å². The minimum atomic E-state index is -0.170. The molecule has 0 aromatic rings. The molecule has 1 heterocycles. The number of nitrogens with one attached hydrogen (secondary N) is 1. The molecule has 1 saturated heterocycles. The van der Waals surface area contributed by atoms with E-state index in [-0.39, 0.29) is 29.7 Å². The normalized spacial score (nSPS) is 27.1. The molecule has 98 valence electrons. The summed E-state index contributed by atoms with van der Waals surface area (Å²) in [4.78, 5) is 25.4. The van der Waals surface area contributed by atoms with Crippen molar-refractivity contribution in [3.8, 4) is 0 Å². The fourth-order valence-electron chi connectivity index (χ4n) is 2.18. The number of amides is 2. The molecule has 0 aromatic carbocycles. The zero-order valence-corrected chi connectivity index (χ0v) is 11.5. The van der Waals surface area contributed by atoms with E-state index in [1.807, 2.05) is 20.8 Å². The first-order valence-corrected chi connectivity index (χ1v) is 6.48. The Bertz CT molecular complexity index is 282. The Morgan fingerprint density at radius 1 is 1.18 bits per heavy atom. The predicted octanol–water partition coefficient (Wildman–Crippen LogP) is 1.26. The van der Waals surface area contributed by atoms with Crippen LogP contribution in [0.2, 0.25) is 0 Å². The van der Waals surface area contributed by atoms with Crippen molar-refractivity contribution < 1.29 is 9.59 Å². The highest BCUT2D eigenvalue weighted by molar-refractivity contribution is 6.04. The maximum atomic E-state index is 12.0. The minimum Gasteiger partial charge on any atom is -0.312 e. The van der Waals surface area contributed by atoms with Gasteiger partial charge in [0.2, 0.25) is 11.8 Å². The highest BCUT2D eigenvalue weighted by atomic mass is 16.2. The van der Waals surface area contributed by atoms with Crippen LogP contribution in [0.3, 0.4) is 0 Å². The van der Waals surface area contributed by atoms with E-state index in [4.69, 9.17) is 0 Å². The fourth-order valence-corrected chi connectivity index (χ4v) is 2.18. The van der Waals surface area contributed by atoms with E-state index in [0.29, 0.717) is 12.5 Å². The predicted molar refractivity (Wildman–Crippen MR) is 67.4 cm³/mol. The maximum Gasteiger partial charge on any atom is 0.232 e. The van der Waals surface area contributed by atoms with Crippen molar-refractivity contribution >= 4 is 11.8 Å². The summed E-state index contributed by atoms with van der Waals surface area (Å²) in [6.45, 7) is 11.3. The summed E-state index contributed by atoms with van der Waals surface area (Å²) in [5, 5.41) is 3.33. The topological polar surface area (TPSA) is 49.4 Å². The number of likely N-dealkylation sites (N-methyl/N-ethyl adjacent to an activating group) is 1. The number of imide groups is 1. The average molecular weight is 240 g/mol. The second-order valence-electron chi connectivity index (χ2n) is 5.27. The molecule has 0 bridgehead atoms. The molecule has 4 nitrogen and oxygen atoms in total. The summed E-state index contributed by atoms with van der Waals surface area (Å²) in [5.41, 5.74) is 0. The van der Waals surface area contributed by atoms with Crippen LogP contribution in [0, 0.1) is 17.8 Å². The summed E-state index contributed by atoms with van der Waals surface area (Å²) >= 11 is 0. The highest BCUT2D eigenvalue weighted by Gasteiger charge is 2.42. The average Bonchev–Trinajstić information content (AvgIpc) is 2.45. The molecular weight excluding hydrogens is 216 g/mol. The molecule has 1 aliphatic heterocycles. The van der Waals surface area contributed by atoms with E-state index in [0.717, 1.165) is 6.54 Å². The molecular formula is C13H24N2O2. The molecule has 0 saturated carbocycles. The Balaban J connectivity index is 2.73. The van der Waals surface area contributed by atoms with E-state index in [1.54, 1.807) is 0 Å². The number of carbonyl (C=O) groups is 2. The highest BCUT2D eigenvalue weighted by Crippen LogP contribution is 2.25. The molecule has 3 unspecified atom stereocenters. The standard InChI is InChI=1S/C13H24N2O2/c1-6-14-11(8(2)3)7-15-12(16)9(4)10(5)13(15)17/h8-11,14H,6-7H2,1-5H3. The summed E-state index contributed by atoms with van der Waals surface area (Å²) < 4.78 is 0. The fraction of sp³-hybridized carbons (Fsp3) is 0.846. The van der Waals surface area contributed by atoms with Gasteiger partial charge in [0.05, 0.1) is 0 Å². The van der Waals surface area contributed by atoms with Gasteiger partial charge in [0.1, 0.15) is 0 Å². The quantitative estimate of drug-likeness (QED) is 0.736. The van der Waals surface area contributed by atoms with Crippen molar-refractivity contribution in [2.45, 2.75) is 40.7 Å². The Hall–Kier alpha value is -0.900. The van der Waals surface area contributed by atoms with E-state index >= 15 is 0 Å². The van der Waals surface area contributed by atoms with Gasteiger partial charge in [-0.15, -0.1) is 0 Å². The number of nitrogens with zero attached hydrogens (tertiary/aromatic N) is 1. The molecule has 1 aliphatic rings. The van der Waals surface area contributed by atoms with E-state index in [1.165, 1.54) is 4.90 Å². The van der Waals surface area contributed by atoms with Crippen molar-refractivity contribution in [1.29, 1.82) is 0 Å². The third-order valence-corrected chi connectivity index (χ3v) is 3.71. The lowest BCUT2D eigenvalue weighted by Gasteiger charge is -2.26. The van der Waals surface area contributed by atoms with Crippen LogP contribution < -0.4 is 5.32 Å². The Labute approximate surface area is 104 Å². The van der Waals surface area contributed by atoms with Crippen LogP contribution in [0.15, 0.2) is 0 Å². The molecule has 1 fully saturated rings. The van der Waals surface area contributed by atoms with Crippen molar-refractivity contribution in [3.05, 3.63) is 0 Å². The summed E-state index contributed by atoms with van der Waals surface area (Å²) in [5.74, 6) is 0.0211. The SMILES string of the molecule is CCNC(CN1C(=O)C(C)C(C)C1=O)C(C)C. The summed E-state index contributed by atoms with van der Waals surface area (Å²) in [7, 11) is 0. The molecule has 17 heavy (non-hydrogen) atoms. The number of rotatable bonds is 5. The molecule has 4 heteroatoms. The van der Waals surface area contributed by atoms with Crippen molar-refractivity contribution in [2.75, 3.05) is 13.1 Å². The van der Waals surface area contributed by atoms with Crippen LogP contribution in [0.1, 0.15) is 34.6 Å². The zero-order chi connectivity index (χ0) is 13.2. The number of likely N-dealkylation sites (tertiary alicyclic amines) is 1. The third kappa shape index (κ3) is 2.86. The molecule has 0 spiro atoms. The Kier molecular flexibility index (Phi) is 4.69. The lowest BCUT2D eigenvalue weighted by Crippen LogP contribution is -2.46. The molecule has 0 aromatic heterocycles. The first-order valence-electron chi connectivity index (χ1n) is 6.48. The molecule has 3 atom stereocenters. The van der Waals surface area contributed by atoms with E-state index in [9.17, 15) is 9.59 Å². The second-order valence-corrected chi connectivity index (χ2v) is 5.27. The second kappa shape index (κ2) is 5.63. The number of hydrogen-bond acceptors (Lipinski definition) is 3. The first kappa shape index (κ1) is 14.2. The van der Waals surface area contributed by atoms with Crippen LogP contribution in [0.5, 0.6) is 0 Å². The van der Waals surface area contributed by atoms with Gasteiger partial charge in [-0.3, -0.25) is 14.5 Å². The number of carbonyl (C=O) groups excluding carboxylic acids is 2. The van der Waals surface area contributed by atoms with Crippen LogP contribution >= 0.6 is 0 Å². The van der Waals surface area contributed by atoms with Gasteiger partial charge < -0.3 is 5.32 Å². The van der Waals surface area contributed by atoms with Gasteiger partial charge in [-0.2, -0.15) is 0 Å². The van der Waals surface area contributed by atoms with E-state index < -0.39 is 0 Å². The van der Waals surface area contributed by atoms with Crippen molar-refractivity contribution in [1.82, 2.24) is 10.2 Å². The van der Waals surface area contributed by atoms with Crippen LogP contribution in [-0.2, 0) is 9.59 Å². The monoisotopic (exact) mass is 240 g/mol. The van der Waals surface area contributed by atoms with Gasteiger partial charge in [-0.05, 0) is 12.5 Å². The van der Waals surface area contributed by atoms with Gasteiger partial charge in [-0.1, -0.05) is 34.6 Å². The smallest absolute Gasteiger partial charge is 0.232 e. The Morgan fingerprint density at radius 3 is 2.00 bits per heavy atom. The molecule has 0 radical (unpaired) electrons. The minimum absolute atomic E-state index is 0.0222. The largest absolute Gasteiger partial charge is 0.312 e. The molecule has 2 amide bonds. The maximum absolute atomic E-state index is 12.0. The first-order chi connectivity index (χ1) is 7.90.